The van der Waals surface area contributed by atoms with Crippen LogP contribution in [0.5, 0.6) is 0 Å². The maximum atomic E-state index is 2.34. The highest BCUT2D eigenvalue weighted by Gasteiger charge is 2.19. The largest absolute Gasteiger partial charge is 0.0651 e. The highest BCUT2D eigenvalue weighted by molar-refractivity contribution is 5.52. The summed E-state index contributed by atoms with van der Waals surface area (Å²) in [5.41, 5.74) is 10.1. The maximum Gasteiger partial charge on any atom is -0.0276 e. The quantitative estimate of drug-likeness (QED) is 0.558. The molecule has 0 saturated carbocycles. The standard InChI is InChI=1S/C20H34/c1-7-13-19-17(11-5)15(9-3)16(10-4)18(12-6)20(19)14-8-2/h7-14H2,1-6H3. The van der Waals surface area contributed by atoms with E-state index in [-0.39, 0.29) is 0 Å². The van der Waals surface area contributed by atoms with Crippen LogP contribution < -0.4 is 0 Å². The zero-order valence-corrected chi connectivity index (χ0v) is 14.7. The van der Waals surface area contributed by atoms with Gasteiger partial charge in [-0.25, -0.2) is 0 Å². The Kier molecular flexibility index (Phi) is 7.34. The molecule has 0 N–H and O–H groups in total. The van der Waals surface area contributed by atoms with Crippen LogP contribution in [-0.4, -0.2) is 0 Å². The van der Waals surface area contributed by atoms with Crippen LogP contribution in [0.1, 0.15) is 87.8 Å². The first-order valence-corrected chi connectivity index (χ1v) is 8.86. The summed E-state index contributed by atoms with van der Waals surface area (Å²) in [6.07, 6.45) is 9.86. The normalized spacial score (nSPS) is 11.1. The summed E-state index contributed by atoms with van der Waals surface area (Å²) in [7, 11) is 0. The second kappa shape index (κ2) is 8.49. The van der Waals surface area contributed by atoms with Crippen LogP contribution in [-0.2, 0) is 38.5 Å². The maximum absolute atomic E-state index is 2.34. The second-order valence-electron chi connectivity index (χ2n) is 5.79. The lowest BCUT2D eigenvalue weighted by Crippen LogP contribution is -2.12. The summed E-state index contributed by atoms with van der Waals surface area (Å²) < 4.78 is 0. The van der Waals surface area contributed by atoms with Gasteiger partial charge in [-0.1, -0.05) is 54.4 Å². The van der Waals surface area contributed by atoms with Crippen LogP contribution in [0.2, 0.25) is 0 Å². The average Bonchev–Trinajstić information content (AvgIpc) is 2.47. The summed E-state index contributed by atoms with van der Waals surface area (Å²) in [5.74, 6) is 0. The van der Waals surface area contributed by atoms with E-state index in [0.717, 1.165) is 0 Å². The van der Waals surface area contributed by atoms with Gasteiger partial charge in [0, 0.05) is 0 Å². The zero-order chi connectivity index (χ0) is 15.1. The fourth-order valence-corrected chi connectivity index (χ4v) is 3.90. The number of hydrogen-bond acceptors (Lipinski definition) is 0. The summed E-state index contributed by atoms with van der Waals surface area (Å²) in [5, 5.41) is 0. The van der Waals surface area contributed by atoms with Gasteiger partial charge < -0.3 is 0 Å². The van der Waals surface area contributed by atoms with Gasteiger partial charge in [-0.15, -0.1) is 0 Å². The lowest BCUT2D eigenvalue weighted by atomic mass is 9.80. The van der Waals surface area contributed by atoms with Crippen LogP contribution >= 0.6 is 0 Å². The molecule has 0 radical (unpaired) electrons. The van der Waals surface area contributed by atoms with Crippen molar-refractivity contribution in [3.63, 3.8) is 0 Å². The van der Waals surface area contributed by atoms with E-state index in [1.165, 1.54) is 51.4 Å². The first-order valence-electron chi connectivity index (χ1n) is 8.86. The molecule has 0 aliphatic heterocycles. The molecular weight excluding hydrogens is 240 g/mol. The molecule has 0 saturated heterocycles. The van der Waals surface area contributed by atoms with Gasteiger partial charge in [0.1, 0.15) is 0 Å². The summed E-state index contributed by atoms with van der Waals surface area (Å²) >= 11 is 0. The van der Waals surface area contributed by atoms with Crippen molar-refractivity contribution in [2.45, 2.75) is 92.9 Å². The summed E-state index contributed by atoms with van der Waals surface area (Å²) in [4.78, 5) is 0. The number of benzene rings is 1. The Hall–Kier alpha value is -0.780. The molecule has 1 rings (SSSR count). The van der Waals surface area contributed by atoms with Gasteiger partial charge in [-0.3, -0.25) is 0 Å². The minimum atomic E-state index is 1.20. The molecule has 0 aliphatic rings. The minimum absolute atomic E-state index is 1.20. The monoisotopic (exact) mass is 274 g/mol. The number of hydrogen-bond donors (Lipinski definition) is 0. The lowest BCUT2D eigenvalue weighted by molar-refractivity contribution is 0.807. The molecule has 0 spiro atoms. The molecule has 0 fully saturated rings. The molecule has 114 valence electrons. The van der Waals surface area contributed by atoms with Crippen LogP contribution in [0, 0.1) is 0 Å². The Labute approximate surface area is 127 Å². The van der Waals surface area contributed by atoms with Gasteiger partial charge in [0.05, 0.1) is 0 Å². The predicted octanol–water partition coefficient (Wildman–Crippen LogP) is 5.84. The lowest BCUT2D eigenvalue weighted by Gasteiger charge is -2.25. The van der Waals surface area contributed by atoms with Crippen LogP contribution in [0.3, 0.4) is 0 Å². The number of rotatable bonds is 8. The fourth-order valence-electron chi connectivity index (χ4n) is 3.90. The molecule has 0 bridgehead atoms. The molecule has 0 heteroatoms. The molecule has 0 unspecified atom stereocenters. The molecule has 1 aromatic rings. The van der Waals surface area contributed by atoms with Crippen molar-refractivity contribution in [1.29, 1.82) is 0 Å². The Bertz CT molecular complexity index is 385. The van der Waals surface area contributed by atoms with Crippen molar-refractivity contribution in [3.05, 3.63) is 33.4 Å². The highest BCUT2D eigenvalue weighted by Crippen LogP contribution is 2.32. The molecule has 0 aromatic heterocycles. The average molecular weight is 274 g/mol. The molecule has 20 heavy (non-hydrogen) atoms. The zero-order valence-electron chi connectivity index (χ0n) is 14.7. The van der Waals surface area contributed by atoms with E-state index in [0.29, 0.717) is 0 Å². The second-order valence-corrected chi connectivity index (χ2v) is 5.79. The van der Waals surface area contributed by atoms with Crippen LogP contribution in [0.15, 0.2) is 0 Å². The van der Waals surface area contributed by atoms with E-state index in [1.54, 1.807) is 33.4 Å². The molecule has 1 aromatic carbocycles. The molecule has 0 nitrogen and oxygen atoms in total. The third-order valence-corrected chi connectivity index (χ3v) is 4.60. The molecule has 0 aliphatic carbocycles. The van der Waals surface area contributed by atoms with Gasteiger partial charge in [0.25, 0.3) is 0 Å². The SMILES string of the molecule is CCCc1c(CC)c(CC)c(CC)c(CC)c1CCC. The molecular formula is C20H34. The van der Waals surface area contributed by atoms with Gasteiger partial charge in [0.2, 0.25) is 0 Å². The van der Waals surface area contributed by atoms with E-state index in [1.807, 2.05) is 0 Å². The van der Waals surface area contributed by atoms with Gasteiger partial charge in [-0.2, -0.15) is 0 Å². The first kappa shape index (κ1) is 17.3. The van der Waals surface area contributed by atoms with E-state index >= 15 is 0 Å². The van der Waals surface area contributed by atoms with Crippen LogP contribution in [0.4, 0.5) is 0 Å². The summed E-state index contributed by atoms with van der Waals surface area (Å²) in [6, 6.07) is 0. The van der Waals surface area contributed by atoms with Crippen molar-refractivity contribution in [2.24, 2.45) is 0 Å². The Morgan fingerprint density at radius 1 is 0.400 bits per heavy atom. The summed E-state index contributed by atoms with van der Waals surface area (Å²) in [6.45, 7) is 14.0. The van der Waals surface area contributed by atoms with Gasteiger partial charge in [0.15, 0.2) is 0 Å². The Balaban J connectivity index is 3.68. The van der Waals surface area contributed by atoms with E-state index < -0.39 is 0 Å². The van der Waals surface area contributed by atoms with Crippen molar-refractivity contribution in [3.8, 4) is 0 Å². The van der Waals surface area contributed by atoms with Crippen molar-refractivity contribution < 1.29 is 0 Å². The van der Waals surface area contributed by atoms with E-state index in [9.17, 15) is 0 Å². The smallest absolute Gasteiger partial charge is 0.0276 e. The molecule has 0 amide bonds. The third-order valence-electron chi connectivity index (χ3n) is 4.60. The minimum Gasteiger partial charge on any atom is -0.0651 e. The van der Waals surface area contributed by atoms with E-state index in [4.69, 9.17) is 0 Å². The van der Waals surface area contributed by atoms with Gasteiger partial charge in [-0.05, 0) is 71.9 Å². The fraction of sp³-hybridized carbons (Fsp3) is 0.700. The topological polar surface area (TPSA) is 0 Å². The first-order chi connectivity index (χ1) is 9.69. The third kappa shape index (κ3) is 3.27. The van der Waals surface area contributed by atoms with Crippen molar-refractivity contribution in [1.82, 2.24) is 0 Å². The Morgan fingerprint density at radius 2 is 0.650 bits per heavy atom. The van der Waals surface area contributed by atoms with Crippen molar-refractivity contribution in [2.75, 3.05) is 0 Å². The highest BCUT2D eigenvalue weighted by atomic mass is 14.2. The van der Waals surface area contributed by atoms with Crippen LogP contribution in [0.25, 0.3) is 0 Å². The predicted molar refractivity (Wildman–Crippen MR) is 91.9 cm³/mol. The van der Waals surface area contributed by atoms with Gasteiger partial charge >= 0.3 is 0 Å². The Morgan fingerprint density at radius 3 is 0.850 bits per heavy atom. The van der Waals surface area contributed by atoms with E-state index in [2.05, 4.69) is 41.5 Å². The molecule has 0 heterocycles. The molecule has 0 atom stereocenters. The van der Waals surface area contributed by atoms with Crippen molar-refractivity contribution >= 4 is 0 Å².